The molecule has 0 aliphatic carbocycles. The molecule has 0 spiro atoms. The molecule has 6 nitrogen and oxygen atoms in total. The Morgan fingerprint density at radius 3 is 2.62 bits per heavy atom. The van der Waals surface area contributed by atoms with Crippen molar-refractivity contribution >= 4 is 16.9 Å². The predicted molar refractivity (Wildman–Crippen MR) is 119 cm³/mol. The number of carbonyl (C=O) groups excluding carboxylic acids is 1. The van der Waals surface area contributed by atoms with Gasteiger partial charge in [-0.1, -0.05) is 30.3 Å². The van der Waals surface area contributed by atoms with E-state index < -0.39 is 22.9 Å². The Kier molecular flexibility index (Phi) is 6.65. The maximum absolute atomic E-state index is 14.0. The van der Waals surface area contributed by atoms with Crippen molar-refractivity contribution in [3.8, 4) is 16.9 Å². The van der Waals surface area contributed by atoms with Crippen LogP contribution in [0.3, 0.4) is 0 Å². The van der Waals surface area contributed by atoms with Crippen molar-refractivity contribution in [1.29, 1.82) is 0 Å². The van der Waals surface area contributed by atoms with Crippen LogP contribution in [0.1, 0.15) is 31.1 Å². The third-order valence-electron chi connectivity index (χ3n) is 5.97. The standard InChI is InChI=1S/C25H24F3NO5/c1-2-33-24(32)16-9-6-12-29(13-16)14-18-19(30)11-10-17-21(31)20(15-7-4-3-5-8-15)23(25(26,27)28)34-22(17)18/h3-5,7-8,10-11,16,30H,2,6,9,12-14H2,1H3. The number of nitrogens with zero attached hydrogens (tertiary/aromatic N) is 1. The van der Waals surface area contributed by atoms with Crippen molar-refractivity contribution in [3.63, 3.8) is 0 Å². The van der Waals surface area contributed by atoms with Crippen molar-refractivity contribution in [2.24, 2.45) is 5.92 Å². The van der Waals surface area contributed by atoms with Gasteiger partial charge in [-0.2, -0.15) is 13.2 Å². The molecule has 1 aromatic heterocycles. The maximum atomic E-state index is 14.0. The lowest BCUT2D eigenvalue weighted by Gasteiger charge is -2.31. The summed E-state index contributed by atoms with van der Waals surface area (Å²) in [6.45, 7) is 2.90. The lowest BCUT2D eigenvalue weighted by atomic mass is 9.97. The summed E-state index contributed by atoms with van der Waals surface area (Å²) < 4.78 is 52.4. The van der Waals surface area contributed by atoms with Crippen LogP contribution in [-0.4, -0.2) is 35.7 Å². The molecular formula is C25H24F3NO5. The molecule has 0 bridgehead atoms. The maximum Gasteiger partial charge on any atom is 0.450 e. The molecule has 180 valence electrons. The fraction of sp³-hybridized carbons (Fsp3) is 0.360. The highest BCUT2D eigenvalue weighted by atomic mass is 19.4. The summed E-state index contributed by atoms with van der Waals surface area (Å²) in [4.78, 5) is 27.3. The zero-order valence-electron chi connectivity index (χ0n) is 18.5. The first-order valence-electron chi connectivity index (χ1n) is 11.0. The highest BCUT2D eigenvalue weighted by molar-refractivity contribution is 5.86. The summed E-state index contributed by atoms with van der Waals surface area (Å²) in [6.07, 6.45) is -3.60. The molecule has 0 amide bonds. The molecule has 0 radical (unpaired) electrons. The quantitative estimate of drug-likeness (QED) is 0.526. The van der Waals surface area contributed by atoms with Gasteiger partial charge in [-0.25, -0.2) is 0 Å². The van der Waals surface area contributed by atoms with E-state index in [1.54, 1.807) is 13.0 Å². The molecule has 1 unspecified atom stereocenters. The molecule has 1 N–H and O–H groups in total. The number of phenols is 1. The first-order chi connectivity index (χ1) is 16.2. The van der Waals surface area contributed by atoms with E-state index in [1.807, 2.05) is 4.90 Å². The minimum absolute atomic E-state index is 0.0179. The van der Waals surface area contributed by atoms with E-state index in [0.717, 1.165) is 0 Å². The molecule has 1 fully saturated rings. The fourth-order valence-corrected chi connectivity index (χ4v) is 4.40. The molecular weight excluding hydrogens is 451 g/mol. The lowest BCUT2D eigenvalue weighted by molar-refractivity contribution is -0.152. The molecule has 4 rings (SSSR count). The van der Waals surface area contributed by atoms with E-state index >= 15 is 0 Å². The van der Waals surface area contributed by atoms with Gasteiger partial charge in [-0.15, -0.1) is 0 Å². The Hall–Kier alpha value is -3.33. The van der Waals surface area contributed by atoms with E-state index in [-0.39, 0.29) is 52.9 Å². The molecule has 1 aliphatic heterocycles. The summed E-state index contributed by atoms with van der Waals surface area (Å²) in [5.41, 5.74) is -1.55. The number of fused-ring (bicyclic) bond motifs is 1. The van der Waals surface area contributed by atoms with Crippen LogP contribution in [0.25, 0.3) is 22.1 Å². The summed E-state index contributed by atoms with van der Waals surface area (Å²) in [7, 11) is 0. The Morgan fingerprint density at radius 2 is 1.94 bits per heavy atom. The van der Waals surface area contributed by atoms with Crippen LogP contribution in [0.15, 0.2) is 51.7 Å². The number of likely N-dealkylation sites (tertiary alicyclic amines) is 1. The Morgan fingerprint density at radius 1 is 1.21 bits per heavy atom. The first-order valence-corrected chi connectivity index (χ1v) is 11.0. The van der Waals surface area contributed by atoms with Crippen molar-refractivity contribution in [2.45, 2.75) is 32.5 Å². The van der Waals surface area contributed by atoms with E-state index in [9.17, 15) is 27.9 Å². The zero-order valence-corrected chi connectivity index (χ0v) is 18.5. The van der Waals surface area contributed by atoms with Gasteiger partial charge < -0.3 is 14.3 Å². The molecule has 1 atom stereocenters. The second-order valence-corrected chi connectivity index (χ2v) is 8.27. The van der Waals surface area contributed by atoms with E-state index in [0.29, 0.717) is 25.9 Å². The van der Waals surface area contributed by atoms with Gasteiger partial charge in [0.25, 0.3) is 0 Å². The zero-order chi connectivity index (χ0) is 24.5. The number of ether oxygens (including phenoxy) is 1. The molecule has 9 heteroatoms. The monoisotopic (exact) mass is 475 g/mol. The Balaban J connectivity index is 1.81. The smallest absolute Gasteiger partial charge is 0.450 e. The number of phenolic OH excluding ortho intramolecular Hbond substituents is 1. The molecule has 2 heterocycles. The average Bonchev–Trinajstić information content (AvgIpc) is 2.81. The molecule has 2 aromatic carbocycles. The average molecular weight is 475 g/mol. The summed E-state index contributed by atoms with van der Waals surface area (Å²) in [6, 6.07) is 10.1. The number of esters is 1. The van der Waals surface area contributed by atoms with Gasteiger partial charge in [0.2, 0.25) is 11.2 Å². The van der Waals surface area contributed by atoms with Crippen LogP contribution in [0.5, 0.6) is 5.75 Å². The molecule has 1 saturated heterocycles. The van der Waals surface area contributed by atoms with Gasteiger partial charge >= 0.3 is 12.1 Å². The third kappa shape index (κ3) is 4.65. The number of aromatic hydroxyl groups is 1. The van der Waals surface area contributed by atoms with Gasteiger partial charge in [-0.3, -0.25) is 14.5 Å². The van der Waals surface area contributed by atoms with Crippen molar-refractivity contribution < 1.29 is 32.2 Å². The third-order valence-corrected chi connectivity index (χ3v) is 5.97. The van der Waals surface area contributed by atoms with Crippen LogP contribution in [0.4, 0.5) is 13.2 Å². The second kappa shape index (κ2) is 9.50. The Bertz CT molecular complexity index is 1250. The van der Waals surface area contributed by atoms with Crippen LogP contribution in [0, 0.1) is 5.92 Å². The van der Waals surface area contributed by atoms with E-state index in [1.165, 1.54) is 36.4 Å². The summed E-state index contributed by atoms with van der Waals surface area (Å²) in [5, 5.41) is 10.5. The predicted octanol–water partition coefficient (Wildman–Crippen LogP) is 4.96. The SMILES string of the molecule is CCOC(=O)C1CCCN(Cc2c(O)ccc3c(=O)c(-c4ccccc4)c(C(F)(F)F)oc23)C1. The highest BCUT2D eigenvalue weighted by Gasteiger charge is 2.40. The topological polar surface area (TPSA) is 80.0 Å². The van der Waals surface area contributed by atoms with Crippen molar-refractivity contribution in [2.75, 3.05) is 19.7 Å². The number of hydrogen-bond acceptors (Lipinski definition) is 6. The number of halogens is 3. The highest BCUT2D eigenvalue weighted by Crippen LogP contribution is 2.39. The van der Waals surface area contributed by atoms with Crippen LogP contribution in [0.2, 0.25) is 0 Å². The number of benzene rings is 2. The fourth-order valence-electron chi connectivity index (χ4n) is 4.40. The van der Waals surface area contributed by atoms with Gasteiger partial charge in [0, 0.05) is 13.1 Å². The number of piperidine rings is 1. The minimum Gasteiger partial charge on any atom is -0.507 e. The second-order valence-electron chi connectivity index (χ2n) is 8.27. The number of rotatable bonds is 5. The lowest BCUT2D eigenvalue weighted by Crippen LogP contribution is -2.39. The van der Waals surface area contributed by atoms with Gasteiger partial charge in [0.1, 0.15) is 11.3 Å². The summed E-state index contributed by atoms with van der Waals surface area (Å²) in [5.74, 6) is -2.39. The minimum atomic E-state index is -4.93. The number of carbonyl (C=O) groups is 1. The van der Waals surface area contributed by atoms with E-state index in [2.05, 4.69) is 0 Å². The summed E-state index contributed by atoms with van der Waals surface area (Å²) >= 11 is 0. The van der Waals surface area contributed by atoms with Crippen molar-refractivity contribution in [3.05, 3.63) is 64.0 Å². The molecule has 1 aliphatic rings. The van der Waals surface area contributed by atoms with Crippen molar-refractivity contribution in [1.82, 2.24) is 4.90 Å². The molecule has 34 heavy (non-hydrogen) atoms. The van der Waals surface area contributed by atoms with Crippen LogP contribution >= 0.6 is 0 Å². The van der Waals surface area contributed by atoms with Crippen LogP contribution < -0.4 is 5.43 Å². The van der Waals surface area contributed by atoms with Crippen LogP contribution in [-0.2, 0) is 22.3 Å². The first kappa shape index (κ1) is 23.8. The van der Waals surface area contributed by atoms with Gasteiger partial charge in [-0.05, 0) is 44.0 Å². The van der Waals surface area contributed by atoms with Gasteiger partial charge in [0.15, 0.2) is 0 Å². The molecule has 0 saturated carbocycles. The normalized spacial score (nSPS) is 17.1. The molecule has 3 aromatic rings. The largest absolute Gasteiger partial charge is 0.507 e. The number of alkyl halides is 3. The van der Waals surface area contributed by atoms with Gasteiger partial charge in [0.05, 0.1) is 29.0 Å². The Labute approximate surface area is 193 Å². The van der Waals surface area contributed by atoms with E-state index in [4.69, 9.17) is 9.15 Å². The number of hydrogen-bond donors (Lipinski definition) is 1.